The molecule has 0 N–H and O–H groups in total. The number of benzene rings is 3. The number of para-hydroxylation sites is 1. The second-order valence-electron chi connectivity index (χ2n) is 6.77. The van der Waals surface area contributed by atoms with Gasteiger partial charge in [0, 0.05) is 5.56 Å². The Morgan fingerprint density at radius 3 is 2.59 bits per heavy atom. The van der Waals surface area contributed by atoms with Crippen molar-refractivity contribution in [3.05, 3.63) is 93.2 Å². The quantitative estimate of drug-likeness (QED) is 0.231. The van der Waals surface area contributed by atoms with E-state index in [-0.39, 0.29) is 17.1 Å². The number of thioether (sulfide) groups is 1. The van der Waals surface area contributed by atoms with Crippen molar-refractivity contribution in [3.63, 3.8) is 0 Å². The van der Waals surface area contributed by atoms with Crippen molar-refractivity contribution in [1.29, 1.82) is 5.26 Å². The van der Waals surface area contributed by atoms with Gasteiger partial charge in [-0.3, -0.25) is 14.2 Å². The molecule has 0 radical (unpaired) electrons. The highest BCUT2D eigenvalue weighted by molar-refractivity contribution is 7.99. The molecule has 0 amide bonds. The molecule has 0 atom stereocenters. The van der Waals surface area contributed by atoms with Crippen molar-refractivity contribution >= 4 is 40.0 Å². The number of hydrogen-bond donors (Lipinski definition) is 0. The topological polar surface area (TPSA) is 85.0 Å². The Hall–Kier alpha value is -3.60. The molecule has 158 valence electrons. The second kappa shape index (κ2) is 9.27. The SMILES string of the molecule is COc1ccc(C(=O)CSc2nc3ccccc3c(=O)n2-c2ccc(C#N)cc2)cc1Cl. The number of Topliss-reactive ketones (excluding diaryl/α,β-unsaturated/α-hetero) is 1. The number of fused-ring (bicyclic) bond motifs is 1. The third kappa shape index (κ3) is 4.24. The summed E-state index contributed by atoms with van der Waals surface area (Å²) in [6.45, 7) is 0. The Bertz CT molecular complexity index is 1430. The highest BCUT2D eigenvalue weighted by Crippen LogP contribution is 2.27. The van der Waals surface area contributed by atoms with Crippen molar-refractivity contribution in [2.45, 2.75) is 5.16 Å². The zero-order chi connectivity index (χ0) is 22.7. The summed E-state index contributed by atoms with van der Waals surface area (Å²) in [7, 11) is 1.51. The molecule has 1 heterocycles. The molecule has 32 heavy (non-hydrogen) atoms. The van der Waals surface area contributed by atoms with Crippen LogP contribution < -0.4 is 10.3 Å². The first-order chi connectivity index (χ1) is 15.5. The van der Waals surface area contributed by atoms with Gasteiger partial charge in [0.25, 0.3) is 5.56 Å². The molecular weight excluding hydrogens is 446 g/mol. The monoisotopic (exact) mass is 461 g/mol. The van der Waals surface area contributed by atoms with Crippen molar-refractivity contribution in [2.75, 3.05) is 12.9 Å². The molecule has 0 spiro atoms. The minimum absolute atomic E-state index is 0.0592. The fourth-order valence-corrected chi connectivity index (χ4v) is 4.34. The maximum atomic E-state index is 13.3. The highest BCUT2D eigenvalue weighted by atomic mass is 35.5. The standard InChI is InChI=1S/C24H16ClN3O3S/c1-31-22-11-8-16(12-19(22)25)21(29)14-32-24-27-20-5-3-2-4-18(20)23(30)28(24)17-9-6-15(13-26)7-10-17/h2-12H,14H2,1H3. The minimum Gasteiger partial charge on any atom is -0.495 e. The van der Waals surface area contributed by atoms with E-state index in [1.54, 1.807) is 66.7 Å². The molecule has 0 aliphatic rings. The molecule has 0 saturated carbocycles. The summed E-state index contributed by atoms with van der Waals surface area (Å²) < 4.78 is 6.59. The van der Waals surface area contributed by atoms with Gasteiger partial charge in [0.2, 0.25) is 0 Å². The van der Waals surface area contributed by atoms with Gasteiger partial charge in [0.15, 0.2) is 10.9 Å². The van der Waals surface area contributed by atoms with E-state index in [0.717, 1.165) is 11.8 Å². The molecule has 4 aromatic rings. The van der Waals surface area contributed by atoms with Crippen LogP contribution in [0.1, 0.15) is 15.9 Å². The van der Waals surface area contributed by atoms with Crippen LogP contribution in [0.15, 0.2) is 76.7 Å². The summed E-state index contributed by atoms with van der Waals surface area (Å²) >= 11 is 7.30. The molecular formula is C24H16ClN3O3S. The molecule has 6 nitrogen and oxygen atoms in total. The van der Waals surface area contributed by atoms with Crippen LogP contribution in [0, 0.1) is 11.3 Å². The number of carbonyl (C=O) groups excluding carboxylic acids is 1. The zero-order valence-electron chi connectivity index (χ0n) is 16.9. The van der Waals surface area contributed by atoms with Gasteiger partial charge in [-0.1, -0.05) is 35.5 Å². The van der Waals surface area contributed by atoms with Gasteiger partial charge in [0.1, 0.15) is 5.75 Å². The van der Waals surface area contributed by atoms with Crippen molar-refractivity contribution in [2.24, 2.45) is 0 Å². The van der Waals surface area contributed by atoms with Gasteiger partial charge >= 0.3 is 0 Å². The van der Waals surface area contributed by atoms with Gasteiger partial charge in [-0.05, 0) is 54.6 Å². The zero-order valence-corrected chi connectivity index (χ0v) is 18.5. The number of aromatic nitrogens is 2. The molecule has 3 aromatic carbocycles. The Kier molecular flexibility index (Phi) is 6.26. The van der Waals surface area contributed by atoms with Crippen LogP contribution in [0.2, 0.25) is 5.02 Å². The maximum Gasteiger partial charge on any atom is 0.266 e. The van der Waals surface area contributed by atoms with Gasteiger partial charge in [0.05, 0.1) is 46.1 Å². The Morgan fingerprint density at radius 1 is 1.16 bits per heavy atom. The summed E-state index contributed by atoms with van der Waals surface area (Å²) in [5.74, 6) is 0.388. The number of nitriles is 1. The lowest BCUT2D eigenvalue weighted by atomic mass is 10.1. The van der Waals surface area contributed by atoms with Crippen molar-refractivity contribution in [3.8, 4) is 17.5 Å². The lowest BCUT2D eigenvalue weighted by Crippen LogP contribution is -2.22. The van der Waals surface area contributed by atoms with Crippen LogP contribution in [0.5, 0.6) is 5.75 Å². The van der Waals surface area contributed by atoms with Gasteiger partial charge in [-0.2, -0.15) is 5.26 Å². The molecule has 0 unspecified atom stereocenters. The third-order valence-corrected chi connectivity index (χ3v) is 6.04. The summed E-state index contributed by atoms with van der Waals surface area (Å²) in [4.78, 5) is 30.7. The van der Waals surface area contributed by atoms with Gasteiger partial charge < -0.3 is 4.74 Å². The Labute approximate surface area is 193 Å². The van der Waals surface area contributed by atoms with Crippen LogP contribution in [-0.4, -0.2) is 28.2 Å². The fourth-order valence-electron chi connectivity index (χ4n) is 3.18. The average Bonchev–Trinajstić information content (AvgIpc) is 2.82. The minimum atomic E-state index is -0.247. The Morgan fingerprint density at radius 2 is 1.91 bits per heavy atom. The van der Waals surface area contributed by atoms with Crippen LogP contribution in [0.4, 0.5) is 0 Å². The molecule has 0 aliphatic heterocycles. The molecule has 0 saturated heterocycles. The first-order valence-electron chi connectivity index (χ1n) is 9.53. The summed E-state index contributed by atoms with van der Waals surface area (Å²) in [6.07, 6.45) is 0. The smallest absolute Gasteiger partial charge is 0.266 e. The number of halogens is 1. The second-order valence-corrected chi connectivity index (χ2v) is 8.12. The normalized spacial score (nSPS) is 10.7. The number of rotatable bonds is 6. The van der Waals surface area contributed by atoms with Gasteiger partial charge in [-0.25, -0.2) is 4.98 Å². The molecule has 1 aromatic heterocycles. The van der Waals surface area contributed by atoms with Crippen LogP contribution in [-0.2, 0) is 0 Å². The van der Waals surface area contributed by atoms with E-state index in [1.165, 1.54) is 11.7 Å². The van der Waals surface area contributed by atoms with E-state index < -0.39 is 0 Å². The lowest BCUT2D eigenvalue weighted by Gasteiger charge is -2.13. The van der Waals surface area contributed by atoms with E-state index in [0.29, 0.717) is 43.6 Å². The van der Waals surface area contributed by atoms with E-state index in [9.17, 15) is 9.59 Å². The number of nitrogens with zero attached hydrogens (tertiary/aromatic N) is 3. The first-order valence-corrected chi connectivity index (χ1v) is 10.9. The molecule has 8 heteroatoms. The van der Waals surface area contributed by atoms with Crippen molar-refractivity contribution in [1.82, 2.24) is 9.55 Å². The van der Waals surface area contributed by atoms with E-state index >= 15 is 0 Å². The predicted molar refractivity (Wildman–Crippen MR) is 125 cm³/mol. The van der Waals surface area contributed by atoms with E-state index in [1.807, 2.05) is 0 Å². The summed E-state index contributed by atoms with van der Waals surface area (Å²) in [6, 6.07) is 20.6. The van der Waals surface area contributed by atoms with Crippen LogP contribution >= 0.6 is 23.4 Å². The van der Waals surface area contributed by atoms with Crippen LogP contribution in [0.3, 0.4) is 0 Å². The van der Waals surface area contributed by atoms with Crippen LogP contribution in [0.25, 0.3) is 16.6 Å². The maximum absolute atomic E-state index is 13.3. The molecule has 0 bridgehead atoms. The summed E-state index contributed by atoms with van der Waals surface area (Å²) in [5, 5.41) is 10.3. The summed E-state index contributed by atoms with van der Waals surface area (Å²) in [5.41, 5.74) is 1.79. The first kappa shape index (κ1) is 21.6. The van der Waals surface area contributed by atoms with Crippen molar-refractivity contribution < 1.29 is 9.53 Å². The van der Waals surface area contributed by atoms with E-state index in [2.05, 4.69) is 11.1 Å². The van der Waals surface area contributed by atoms with Gasteiger partial charge in [-0.15, -0.1) is 0 Å². The largest absolute Gasteiger partial charge is 0.495 e. The molecule has 0 fully saturated rings. The van der Waals surface area contributed by atoms with E-state index in [4.69, 9.17) is 21.6 Å². The highest BCUT2D eigenvalue weighted by Gasteiger charge is 2.16. The average molecular weight is 462 g/mol. The lowest BCUT2D eigenvalue weighted by molar-refractivity contribution is 0.102. The Balaban J connectivity index is 1.72. The molecule has 4 rings (SSSR count). The number of ketones is 1. The number of ether oxygens (including phenoxy) is 1. The fraction of sp³-hybridized carbons (Fsp3) is 0.0833. The number of carbonyl (C=O) groups is 1. The predicted octanol–water partition coefficient (Wildman–Crippen LogP) is 4.89. The number of methoxy groups -OCH3 is 1. The third-order valence-electron chi connectivity index (χ3n) is 4.81. The number of hydrogen-bond acceptors (Lipinski definition) is 6. The molecule has 0 aliphatic carbocycles.